The number of aromatic nitrogens is 1. The van der Waals surface area contributed by atoms with Crippen molar-refractivity contribution in [3.05, 3.63) is 15.0 Å². The van der Waals surface area contributed by atoms with Crippen LogP contribution in [0.5, 0.6) is 0 Å². The summed E-state index contributed by atoms with van der Waals surface area (Å²) in [4.78, 5) is 19.8. The molecule has 158 valence electrons. The van der Waals surface area contributed by atoms with Crippen LogP contribution >= 0.6 is 22.9 Å². The van der Waals surface area contributed by atoms with Crippen molar-refractivity contribution in [1.29, 1.82) is 0 Å². The highest BCUT2D eigenvalue weighted by Crippen LogP contribution is 2.54. The van der Waals surface area contributed by atoms with E-state index in [2.05, 4.69) is 9.71 Å². The van der Waals surface area contributed by atoms with E-state index in [9.17, 15) is 9.35 Å². The summed E-state index contributed by atoms with van der Waals surface area (Å²) in [7, 11) is 0. The molecule has 1 aliphatic carbocycles. The minimum Gasteiger partial charge on any atom is -0.598 e. The Kier molecular flexibility index (Phi) is 6.02. The molecule has 6 nitrogen and oxygen atoms in total. The number of fused-ring (bicyclic) bond motifs is 1. The lowest BCUT2D eigenvalue weighted by atomic mass is 9.74. The van der Waals surface area contributed by atoms with Crippen molar-refractivity contribution in [2.75, 3.05) is 13.1 Å². The Bertz CT molecular complexity index is 734. The Hall–Kier alpha value is -0.540. The minimum atomic E-state index is -1.20. The SMILES string of the molecule is CC(C)(C)OC(=O)N1CCC2(CC1)Cc1nc(Cl)sc1[C@H]2N[S+]([O-])C(C)(C)C. The number of piperidine rings is 1. The van der Waals surface area contributed by atoms with E-state index < -0.39 is 17.0 Å². The molecule has 1 spiro atoms. The molecule has 0 radical (unpaired) electrons. The second-order valence-electron chi connectivity index (χ2n) is 9.72. The molecule has 3 rings (SSSR count). The smallest absolute Gasteiger partial charge is 0.410 e. The molecule has 9 heteroatoms. The fraction of sp³-hybridized carbons (Fsp3) is 0.789. The summed E-state index contributed by atoms with van der Waals surface area (Å²) in [6.45, 7) is 12.8. The molecule has 1 N–H and O–H groups in total. The van der Waals surface area contributed by atoms with Crippen LogP contribution in [-0.2, 0) is 22.5 Å². The average Bonchev–Trinajstić information content (AvgIpc) is 3.00. The van der Waals surface area contributed by atoms with Gasteiger partial charge in [0.1, 0.15) is 10.3 Å². The third-order valence-corrected chi connectivity index (χ3v) is 8.12. The van der Waals surface area contributed by atoms with Gasteiger partial charge in [-0.25, -0.2) is 9.78 Å². The van der Waals surface area contributed by atoms with Gasteiger partial charge in [0.25, 0.3) is 0 Å². The maximum Gasteiger partial charge on any atom is 0.410 e. The number of likely N-dealkylation sites (tertiary alicyclic amines) is 1. The van der Waals surface area contributed by atoms with E-state index in [0.717, 1.165) is 29.8 Å². The Morgan fingerprint density at radius 1 is 1.32 bits per heavy atom. The summed E-state index contributed by atoms with van der Waals surface area (Å²) < 4.78 is 21.9. The maximum atomic E-state index is 12.9. The predicted molar refractivity (Wildman–Crippen MR) is 114 cm³/mol. The molecule has 1 fully saturated rings. The monoisotopic (exact) mass is 447 g/mol. The van der Waals surface area contributed by atoms with Crippen molar-refractivity contribution >= 4 is 40.4 Å². The molecule has 2 aliphatic rings. The third-order valence-electron chi connectivity index (χ3n) is 5.29. The highest BCUT2D eigenvalue weighted by molar-refractivity contribution is 7.90. The number of nitrogens with one attached hydrogen (secondary N) is 1. The lowest BCUT2D eigenvalue weighted by Crippen LogP contribution is -2.51. The van der Waals surface area contributed by atoms with Crippen molar-refractivity contribution < 1.29 is 14.1 Å². The highest BCUT2D eigenvalue weighted by atomic mass is 35.5. The number of rotatable bonds is 2. The van der Waals surface area contributed by atoms with Gasteiger partial charge in [0.05, 0.1) is 16.6 Å². The normalized spacial score (nSPS) is 23.0. The molecule has 0 aromatic carbocycles. The molecule has 1 aliphatic heterocycles. The largest absolute Gasteiger partial charge is 0.598 e. The van der Waals surface area contributed by atoms with Crippen LogP contribution in [-0.4, -0.2) is 44.0 Å². The summed E-state index contributed by atoms with van der Waals surface area (Å²) in [5.41, 5.74) is 0.403. The average molecular weight is 448 g/mol. The molecule has 0 bridgehead atoms. The lowest BCUT2D eigenvalue weighted by molar-refractivity contribution is 0.00718. The van der Waals surface area contributed by atoms with Gasteiger partial charge in [-0.3, -0.25) is 0 Å². The van der Waals surface area contributed by atoms with E-state index in [1.165, 1.54) is 11.3 Å². The van der Waals surface area contributed by atoms with Crippen LogP contribution in [0.15, 0.2) is 0 Å². The van der Waals surface area contributed by atoms with Crippen LogP contribution in [0.3, 0.4) is 0 Å². The second-order valence-corrected chi connectivity index (χ2v) is 13.3. The van der Waals surface area contributed by atoms with Crippen LogP contribution in [0.25, 0.3) is 0 Å². The zero-order valence-corrected chi connectivity index (χ0v) is 19.8. The van der Waals surface area contributed by atoms with Crippen LogP contribution in [0.1, 0.15) is 71.0 Å². The first kappa shape index (κ1) is 22.2. The van der Waals surface area contributed by atoms with Gasteiger partial charge >= 0.3 is 6.09 Å². The quantitative estimate of drug-likeness (QED) is 0.677. The predicted octanol–water partition coefficient (Wildman–Crippen LogP) is 4.46. The number of halogens is 1. The van der Waals surface area contributed by atoms with E-state index in [0.29, 0.717) is 17.6 Å². The standard InChI is InChI=1S/C19H30ClN3O3S2/c1-17(2,3)26-16(24)23-9-7-19(8-10-23)11-12-13(27-15(20)21-12)14(19)22-28(25)18(4,5)6/h14,22H,7-11H2,1-6H3/t14-,28?/m1/s1. The molecule has 2 atom stereocenters. The van der Waals surface area contributed by atoms with E-state index in [4.69, 9.17) is 16.3 Å². The first-order valence-corrected chi connectivity index (χ1v) is 12.0. The molecular formula is C19H30ClN3O3S2. The number of ether oxygens (including phenoxy) is 1. The molecule has 1 unspecified atom stereocenters. The van der Waals surface area contributed by atoms with E-state index in [-0.39, 0.29) is 22.3 Å². The summed E-state index contributed by atoms with van der Waals surface area (Å²) >= 11 is 6.43. The number of hydrogen-bond donors (Lipinski definition) is 1. The van der Waals surface area contributed by atoms with Gasteiger partial charge in [0, 0.05) is 29.9 Å². The lowest BCUT2D eigenvalue weighted by Gasteiger charge is -2.43. The number of amides is 1. The minimum absolute atomic E-state index is 0.0617. The fourth-order valence-corrected chi connectivity index (χ4v) is 6.15. The Morgan fingerprint density at radius 3 is 2.46 bits per heavy atom. The maximum absolute atomic E-state index is 12.9. The van der Waals surface area contributed by atoms with Crippen LogP contribution in [0.2, 0.25) is 4.47 Å². The molecule has 1 amide bonds. The fourth-order valence-electron chi connectivity index (χ4n) is 3.79. The van der Waals surface area contributed by atoms with Crippen LogP contribution < -0.4 is 4.72 Å². The van der Waals surface area contributed by atoms with E-state index >= 15 is 0 Å². The number of carbonyl (C=O) groups is 1. The van der Waals surface area contributed by atoms with Crippen molar-refractivity contribution in [1.82, 2.24) is 14.6 Å². The van der Waals surface area contributed by atoms with E-state index in [1.807, 2.05) is 41.5 Å². The molecule has 2 heterocycles. The zero-order chi connectivity index (χ0) is 20.9. The summed E-state index contributed by atoms with van der Waals surface area (Å²) in [5, 5.41) is 0. The van der Waals surface area contributed by atoms with Gasteiger partial charge in [0.15, 0.2) is 4.47 Å². The van der Waals surface area contributed by atoms with Crippen molar-refractivity contribution in [3.8, 4) is 0 Å². The Labute approximate surface area is 179 Å². The number of thiazole rings is 1. The van der Waals surface area contributed by atoms with Gasteiger partial charge < -0.3 is 14.2 Å². The second kappa shape index (κ2) is 7.61. The summed E-state index contributed by atoms with van der Waals surface area (Å²) in [6.07, 6.45) is 2.16. The van der Waals surface area contributed by atoms with Crippen molar-refractivity contribution in [3.63, 3.8) is 0 Å². The molecule has 1 aromatic rings. The number of carbonyl (C=O) groups excluding carboxylic acids is 1. The Balaban J connectivity index is 1.77. The first-order valence-electron chi connectivity index (χ1n) is 9.62. The van der Waals surface area contributed by atoms with Crippen molar-refractivity contribution in [2.45, 2.75) is 77.2 Å². The van der Waals surface area contributed by atoms with Gasteiger partial charge in [-0.05, 0) is 60.8 Å². The molecular weight excluding hydrogens is 418 g/mol. The number of nitrogens with zero attached hydrogens (tertiary/aromatic N) is 2. The van der Waals surface area contributed by atoms with Crippen LogP contribution in [0, 0.1) is 5.41 Å². The van der Waals surface area contributed by atoms with Gasteiger partial charge in [0.2, 0.25) is 0 Å². The van der Waals surface area contributed by atoms with Crippen molar-refractivity contribution in [2.24, 2.45) is 5.41 Å². The van der Waals surface area contributed by atoms with Crippen LogP contribution in [0.4, 0.5) is 4.79 Å². The molecule has 28 heavy (non-hydrogen) atoms. The first-order chi connectivity index (χ1) is 12.8. The number of hydrogen-bond acceptors (Lipinski definition) is 6. The summed E-state index contributed by atoms with van der Waals surface area (Å²) in [6, 6.07) is -0.0617. The van der Waals surface area contributed by atoms with Gasteiger partial charge in [-0.2, -0.15) is 0 Å². The molecule has 0 saturated carbocycles. The topological polar surface area (TPSA) is 77.5 Å². The van der Waals surface area contributed by atoms with E-state index in [1.54, 1.807) is 4.90 Å². The summed E-state index contributed by atoms with van der Waals surface area (Å²) in [5.74, 6) is 0. The third kappa shape index (κ3) is 4.61. The van der Waals surface area contributed by atoms with Gasteiger partial charge in [-0.1, -0.05) is 11.6 Å². The van der Waals surface area contributed by atoms with Gasteiger partial charge in [-0.15, -0.1) is 16.1 Å². The highest BCUT2D eigenvalue weighted by Gasteiger charge is 2.53. The molecule has 1 aromatic heterocycles. The zero-order valence-electron chi connectivity index (χ0n) is 17.4. The molecule has 1 saturated heterocycles. The Morgan fingerprint density at radius 2 is 1.93 bits per heavy atom.